The number of nitrogens with two attached hydrogens (primary N) is 1. The lowest BCUT2D eigenvalue weighted by molar-refractivity contribution is 0.249. The number of rotatable bonds is 2. The van der Waals surface area contributed by atoms with E-state index in [2.05, 4.69) is 15.5 Å². The Kier molecular flexibility index (Phi) is 2.27. The molecule has 0 spiro atoms. The van der Waals surface area contributed by atoms with Crippen LogP contribution in [0.3, 0.4) is 0 Å². The fraction of sp³-hybridized carbons (Fsp3) is 0. The van der Waals surface area contributed by atoms with Gasteiger partial charge in [0.25, 0.3) is 0 Å². The fourth-order valence-electron chi connectivity index (χ4n) is 0.590. The molecule has 1 rings (SSSR count). The van der Waals surface area contributed by atoms with Crippen molar-refractivity contribution in [3.63, 3.8) is 0 Å². The highest BCUT2D eigenvalue weighted by Crippen LogP contribution is 1.87. The molecule has 0 radical (unpaired) electrons. The highest BCUT2D eigenvalue weighted by atomic mass is 16.2. The normalized spacial score (nSPS) is 10.2. The minimum absolute atomic E-state index is 0.673. The van der Waals surface area contributed by atoms with Crippen LogP contribution in [-0.2, 0) is 0 Å². The van der Waals surface area contributed by atoms with Gasteiger partial charge in [-0.05, 0) is 12.1 Å². The molecule has 1 aromatic rings. The average Bonchev–Trinajstić information content (AvgIpc) is 2.39. The Morgan fingerprint density at radius 3 is 3.18 bits per heavy atom. The van der Waals surface area contributed by atoms with Gasteiger partial charge in [0.1, 0.15) is 0 Å². The first-order valence-electron chi connectivity index (χ1n) is 3.01. The fourth-order valence-corrected chi connectivity index (χ4v) is 0.590. The number of nitrogens with one attached hydrogen (secondary N) is 2. The van der Waals surface area contributed by atoms with Gasteiger partial charge in [-0.15, -0.1) is 0 Å². The van der Waals surface area contributed by atoms with Crippen LogP contribution in [0.15, 0.2) is 23.4 Å². The maximum absolute atomic E-state index is 10.1. The molecule has 1 heterocycles. The van der Waals surface area contributed by atoms with Gasteiger partial charge in [-0.25, -0.2) is 10.2 Å². The molecule has 0 unspecified atom stereocenters. The van der Waals surface area contributed by atoms with Crippen LogP contribution in [0.4, 0.5) is 4.79 Å². The summed E-state index contributed by atoms with van der Waals surface area (Å²) in [6.07, 6.45) is 3.22. The van der Waals surface area contributed by atoms with E-state index in [1.165, 1.54) is 6.21 Å². The van der Waals surface area contributed by atoms with Crippen molar-refractivity contribution >= 4 is 12.2 Å². The number of amides is 2. The van der Waals surface area contributed by atoms with Gasteiger partial charge in [-0.3, -0.25) is 0 Å². The number of carbonyl (C=O) groups excluding carboxylic acids is 1. The predicted octanol–water partition coefficient (Wildman–Crippen LogP) is 0.0169. The Morgan fingerprint density at radius 1 is 1.82 bits per heavy atom. The second-order valence-corrected chi connectivity index (χ2v) is 1.86. The van der Waals surface area contributed by atoms with E-state index in [4.69, 9.17) is 5.73 Å². The third kappa shape index (κ3) is 2.53. The predicted molar refractivity (Wildman–Crippen MR) is 41.1 cm³/mol. The van der Waals surface area contributed by atoms with Gasteiger partial charge in [0.15, 0.2) is 0 Å². The van der Waals surface area contributed by atoms with Crippen LogP contribution in [0.2, 0.25) is 0 Å². The molecule has 58 valence electrons. The number of carbonyl (C=O) groups is 1. The van der Waals surface area contributed by atoms with Crippen LogP contribution in [0.25, 0.3) is 0 Å². The molecule has 1 aromatic heterocycles. The number of hydrogen-bond acceptors (Lipinski definition) is 2. The second kappa shape index (κ2) is 3.40. The van der Waals surface area contributed by atoms with Crippen LogP contribution in [0.1, 0.15) is 5.69 Å². The van der Waals surface area contributed by atoms with E-state index in [0.29, 0.717) is 0 Å². The summed E-state index contributed by atoms with van der Waals surface area (Å²) >= 11 is 0. The second-order valence-electron chi connectivity index (χ2n) is 1.86. The molecule has 0 saturated heterocycles. The summed E-state index contributed by atoms with van der Waals surface area (Å²) in [6, 6.07) is 2.96. The molecular weight excluding hydrogens is 144 g/mol. The van der Waals surface area contributed by atoms with Crippen LogP contribution in [0.5, 0.6) is 0 Å². The van der Waals surface area contributed by atoms with E-state index < -0.39 is 6.03 Å². The van der Waals surface area contributed by atoms with E-state index in [0.717, 1.165) is 5.69 Å². The summed E-state index contributed by atoms with van der Waals surface area (Å²) in [7, 11) is 0. The molecule has 0 aliphatic carbocycles. The summed E-state index contributed by atoms with van der Waals surface area (Å²) in [5.41, 5.74) is 7.63. The molecule has 0 saturated carbocycles. The van der Waals surface area contributed by atoms with Gasteiger partial charge in [0.05, 0.1) is 11.9 Å². The zero-order chi connectivity index (χ0) is 8.10. The molecule has 0 atom stereocenters. The first-order chi connectivity index (χ1) is 5.29. The van der Waals surface area contributed by atoms with Gasteiger partial charge in [0, 0.05) is 6.20 Å². The topological polar surface area (TPSA) is 83.3 Å². The molecule has 11 heavy (non-hydrogen) atoms. The van der Waals surface area contributed by atoms with Crippen LogP contribution in [-0.4, -0.2) is 17.2 Å². The number of nitrogens with zero attached hydrogens (tertiary/aromatic N) is 1. The molecule has 5 nitrogen and oxygen atoms in total. The maximum Gasteiger partial charge on any atom is 0.332 e. The quantitative estimate of drug-likeness (QED) is 0.405. The molecule has 0 fully saturated rings. The Labute approximate surface area is 63.3 Å². The molecule has 4 N–H and O–H groups in total. The van der Waals surface area contributed by atoms with Gasteiger partial charge >= 0.3 is 6.03 Å². The van der Waals surface area contributed by atoms with Crippen LogP contribution >= 0.6 is 0 Å². The average molecular weight is 152 g/mol. The molecule has 2 amide bonds. The van der Waals surface area contributed by atoms with Gasteiger partial charge in [0.2, 0.25) is 0 Å². The maximum atomic E-state index is 10.1. The number of aromatic nitrogens is 1. The highest BCUT2D eigenvalue weighted by molar-refractivity contribution is 5.79. The van der Waals surface area contributed by atoms with Crippen molar-refractivity contribution in [3.05, 3.63) is 24.0 Å². The van der Waals surface area contributed by atoms with Crippen molar-refractivity contribution in [2.24, 2.45) is 10.8 Å². The third-order valence-electron chi connectivity index (χ3n) is 1.00. The molecule has 5 heteroatoms. The minimum Gasteiger partial charge on any atom is -0.360 e. The smallest absolute Gasteiger partial charge is 0.332 e. The lowest BCUT2D eigenvalue weighted by atomic mass is 10.5. The zero-order valence-electron chi connectivity index (χ0n) is 5.74. The zero-order valence-corrected chi connectivity index (χ0v) is 5.74. The van der Waals surface area contributed by atoms with Crippen molar-refractivity contribution in [3.8, 4) is 0 Å². The number of hydrogen-bond donors (Lipinski definition) is 3. The monoisotopic (exact) mass is 152 g/mol. The first-order valence-corrected chi connectivity index (χ1v) is 3.01. The van der Waals surface area contributed by atoms with Crippen molar-refractivity contribution in [2.45, 2.75) is 0 Å². The summed E-state index contributed by atoms with van der Waals surface area (Å²) in [5.74, 6) is 0. The molecular formula is C6H8N4O. The van der Waals surface area contributed by atoms with Crippen LogP contribution in [0, 0.1) is 0 Å². The van der Waals surface area contributed by atoms with Crippen molar-refractivity contribution < 1.29 is 4.79 Å². The molecule has 0 aromatic carbocycles. The van der Waals surface area contributed by atoms with Crippen molar-refractivity contribution in [1.29, 1.82) is 0 Å². The first kappa shape index (κ1) is 7.33. The summed E-state index contributed by atoms with van der Waals surface area (Å²) in [6.45, 7) is 0. The van der Waals surface area contributed by atoms with Gasteiger partial charge in [-0.2, -0.15) is 5.10 Å². The number of hydrazone groups is 1. The Bertz CT molecular complexity index is 252. The number of urea groups is 1. The van der Waals surface area contributed by atoms with Crippen LogP contribution < -0.4 is 11.2 Å². The van der Waals surface area contributed by atoms with Gasteiger partial charge in [-0.1, -0.05) is 0 Å². The standard InChI is InChI=1S/C6H8N4O/c7-6(11)10-9-4-5-2-1-3-8-5/h1-4,8H,(H3,7,10,11)/b9-4+. The summed E-state index contributed by atoms with van der Waals surface area (Å²) < 4.78 is 0. The SMILES string of the molecule is NC(=O)N/N=C/c1ccc[nH]1. The molecule has 0 aliphatic heterocycles. The Morgan fingerprint density at radius 2 is 2.64 bits per heavy atom. The summed E-state index contributed by atoms with van der Waals surface area (Å²) in [4.78, 5) is 13.0. The number of H-pyrrole nitrogens is 1. The lowest BCUT2D eigenvalue weighted by Gasteiger charge is -1.88. The number of aromatic amines is 1. The highest BCUT2D eigenvalue weighted by Gasteiger charge is 1.85. The van der Waals surface area contributed by atoms with Crippen molar-refractivity contribution in [1.82, 2.24) is 10.4 Å². The molecule has 0 bridgehead atoms. The Balaban J connectivity index is 2.43. The van der Waals surface area contributed by atoms with E-state index in [-0.39, 0.29) is 0 Å². The summed E-state index contributed by atoms with van der Waals surface area (Å²) in [5, 5.41) is 3.53. The van der Waals surface area contributed by atoms with Gasteiger partial charge < -0.3 is 10.7 Å². The molecule has 0 aliphatic rings. The van der Waals surface area contributed by atoms with E-state index in [1.54, 1.807) is 6.20 Å². The minimum atomic E-state index is -0.673. The van der Waals surface area contributed by atoms with Crippen molar-refractivity contribution in [2.75, 3.05) is 0 Å². The Hall–Kier alpha value is -1.78. The third-order valence-corrected chi connectivity index (χ3v) is 1.00. The number of primary amides is 1. The largest absolute Gasteiger partial charge is 0.360 e. The van der Waals surface area contributed by atoms with E-state index in [9.17, 15) is 4.79 Å². The lowest BCUT2D eigenvalue weighted by Crippen LogP contribution is -2.24. The van der Waals surface area contributed by atoms with E-state index >= 15 is 0 Å². The van der Waals surface area contributed by atoms with E-state index in [1.807, 2.05) is 12.1 Å².